The molecular formula is C16H20N2O. The molecule has 1 aromatic heterocycles. The Morgan fingerprint density at radius 3 is 2.26 bits per heavy atom. The summed E-state index contributed by atoms with van der Waals surface area (Å²) in [5, 5.41) is 0. The molecule has 1 aromatic carbocycles. The summed E-state index contributed by atoms with van der Waals surface area (Å²) in [5.74, 6) is 0.884. The van der Waals surface area contributed by atoms with E-state index in [9.17, 15) is 0 Å². The molecule has 2 N–H and O–H groups in total. The summed E-state index contributed by atoms with van der Waals surface area (Å²) in [6.07, 6.45) is 4.59. The minimum atomic E-state index is -0.00417. The standard InChI is InChI=1S/C16H20N2O/c1-12(2)19-15-5-3-14(4-6-15)16(17)11-13-7-9-18-10-8-13/h3-10,12,16H,11,17H2,1-2H3. The summed E-state index contributed by atoms with van der Waals surface area (Å²) >= 11 is 0. The van der Waals surface area contributed by atoms with Crippen LogP contribution in [-0.4, -0.2) is 11.1 Å². The van der Waals surface area contributed by atoms with Gasteiger partial charge in [0.25, 0.3) is 0 Å². The average molecular weight is 256 g/mol. The normalized spacial score (nSPS) is 12.4. The van der Waals surface area contributed by atoms with E-state index >= 15 is 0 Å². The van der Waals surface area contributed by atoms with Crippen molar-refractivity contribution in [3.8, 4) is 5.75 Å². The van der Waals surface area contributed by atoms with Crippen molar-refractivity contribution in [2.75, 3.05) is 0 Å². The Morgan fingerprint density at radius 1 is 1.05 bits per heavy atom. The maximum atomic E-state index is 6.22. The van der Waals surface area contributed by atoms with E-state index in [-0.39, 0.29) is 12.1 Å². The summed E-state index contributed by atoms with van der Waals surface area (Å²) in [5.41, 5.74) is 8.53. The third kappa shape index (κ3) is 4.07. The van der Waals surface area contributed by atoms with Crippen molar-refractivity contribution in [3.63, 3.8) is 0 Å². The minimum Gasteiger partial charge on any atom is -0.491 e. The summed E-state index contributed by atoms with van der Waals surface area (Å²) in [7, 11) is 0. The van der Waals surface area contributed by atoms with E-state index < -0.39 is 0 Å². The molecule has 0 aliphatic heterocycles. The largest absolute Gasteiger partial charge is 0.491 e. The molecule has 19 heavy (non-hydrogen) atoms. The number of nitrogens with two attached hydrogens (primary N) is 1. The molecule has 3 heteroatoms. The molecule has 0 amide bonds. The molecular weight excluding hydrogens is 236 g/mol. The van der Waals surface area contributed by atoms with Crippen molar-refractivity contribution in [3.05, 3.63) is 59.9 Å². The highest BCUT2D eigenvalue weighted by Crippen LogP contribution is 2.20. The van der Waals surface area contributed by atoms with E-state index in [0.29, 0.717) is 0 Å². The molecule has 100 valence electrons. The Labute approximate surface area is 114 Å². The summed E-state index contributed by atoms with van der Waals surface area (Å²) in [6.45, 7) is 4.03. The number of nitrogens with zero attached hydrogens (tertiary/aromatic N) is 1. The van der Waals surface area contributed by atoms with E-state index in [1.54, 1.807) is 12.4 Å². The quantitative estimate of drug-likeness (QED) is 0.894. The maximum absolute atomic E-state index is 6.22. The summed E-state index contributed by atoms with van der Waals surface area (Å²) < 4.78 is 5.62. The first-order valence-corrected chi connectivity index (χ1v) is 6.56. The summed E-state index contributed by atoms with van der Waals surface area (Å²) in [4.78, 5) is 4.01. The van der Waals surface area contributed by atoms with Crippen LogP contribution in [0.15, 0.2) is 48.8 Å². The van der Waals surface area contributed by atoms with Crippen LogP contribution in [0.4, 0.5) is 0 Å². The molecule has 0 aliphatic rings. The second-order valence-corrected chi connectivity index (χ2v) is 4.90. The number of ether oxygens (including phenoxy) is 1. The monoisotopic (exact) mass is 256 g/mol. The fourth-order valence-corrected chi connectivity index (χ4v) is 1.96. The molecule has 0 bridgehead atoms. The molecule has 0 aliphatic carbocycles. The van der Waals surface area contributed by atoms with Gasteiger partial charge in [-0.25, -0.2) is 0 Å². The maximum Gasteiger partial charge on any atom is 0.119 e. The number of benzene rings is 1. The number of aromatic nitrogens is 1. The Morgan fingerprint density at radius 2 is 1.68 bits per heavy atom. The van der Waals surface area contributed by atoms with Gasteiger partial charge in [0.05, 0.1) is 6.10 Å². The lowest BCUT2D eigenvalue weighted by molar-refractivity contribution is 0.242. The molecule has 3 nitrogen and oxygen atoms in total. The van der Waals surface area contributed by atoms with Crippen molar-refractivity contribution in [1.82, 2.24) is 4.98 Å². The topological polar surface area (TPSA) is 48.1 Å². The van der Waals surface area contributed by atoms with E-state index in [2.05, 4.69) is 4.98 Å². The van der Waals surface area contributed by atoms with Crippen molar-refractivity contribution in [1.29, 1.82) is 0 Å². The van der Waals surface area contributed by atoms with Crippen LogP contribution < -0.4 is 10.5 Å². The van der Waals surface area contributed by atoms with Gasteiger partial charge in [0, 0.05) is 18.4 Å². The third-order valence-corrected chi connectivity index (χ3v) is 2.89. The first kappa shape index (κ1) is 13.6. The lowest BCUT2D eigenvalue weighted by Crippen LogP contribution is -2.13. The zero-order chi connectivity index (χ0) is 13.7. The molecule has 2 rings (SSSR count). The highest BCUT2D eigenvalue weighted by atomic mass is 16.5. The van der Waals surface area contributed by atoms with Gasteiger partial charge in [-0.2, -0.15) is 0 Å². The van der Waals surface area contributed by atoms with Crippen molar-refractivity contribution < 1.29 is 4.74 Å². The summed E-state index contributed by atoms with van der Waals surface area (Å²) in [6, 6.07) is 12.0. The molecule has 1 heterocycles. The van der Waals surface area contributed by atoms with Crippen LogP contribution >= 0.6 is 0 Å². The molecule has 0 saturated heterocycles. The SMILES string of the molecule is CC(C)Oc1ccc(C(N)Cc2ccncc2)cc1. The van der Waals surface area contributed by atoms with E-state index in [1.165, 1.54) is 5.56 Å². The van der Waals surface area contributed by atoms with Gasteiger partial charge in [0.15, 0.2) is 0 Å². The number of hydrogen-bond acceptors (Lipinski definition) is 3. The van der Waals surface area contributed by atoms with Crippen molar-refractivity contribution in [2.24, 2.45) is 5.73 Å². The zero-order valence-corrected chi connectivity index (χ0v) is 11.4. The first-order chi connectivity index (χ1) is 9.15. The number of pyridine rings is 1. The molecule has 0 radical (unpaired) electrons. The molecule has 1 unspecified atom stereocenters. The third-order valence-electron chi connectivity index (χ3n) is 2.89. The van der Waals surface area contributed by atoms with Crippen LogP contribution in [0.2, 0.25) is 0 Å². The Bertz CT molecular complexity index is 494. The minimum absolute atomic E-state index is 0.00417. The molecule has 0 saturated carbocycles. The molecule has 2 aromatic rings. The fourth-order valence-electron chi connectivity index (χ4n) is 1.96. The molecule has 0 spiro atoms. The van der Waals surface area contributed by atoms with Crippen LogP contribution in [-0.2, 0) is 6.42 Å². The lowest BCUT2D eigenvalue weighted by Gasteiger charge is -2.14. The van der Waals surface area contributed by atoms with Crippen LogP contribution in [0.25, 0.3) is 0 Å². The Balaban J connectivity index is 2.01. The van der Waals surface area contributed by atoms with Gasteiger partial charge >= 0.3 is 0 Å². The van der Waals surface area contributed by atoms with Gasteiger partial charge in [-0.1, -0.05) is 12.1 Å². The van der Waals surface area contributed by atoms with Crippen LogP contribution in [0, 0.1) is 0 Å². The number of rotatable bonds is 5. The highest BCUT2D eigenvalue weighted by molar-refractivity contribution is 5.30. The molecule has 1 atom stereocenters. The van der Waals surface area contributed by atoms with Crippen LogP contribution in [0.3, 0.4) is 0 Å². The second-order valence-electron chi connectivity index (χ2n) is 4.90. The van der Waals surface area contributed by atoms with Gasteiger partial charge in [0.1, 0.15) is 5.75 Å². The zero-order valence-electron chi connectivity index (χ0n) is 11.4. The van der Waals surface area contributed by atoms with Gasteiger partial charge in [-0.3, -0.25) is 4.98 Å². The first-order valence-electron chi connectivity index (χ1n) is 6.56. The highest BCUT2D eigenvalue weighted by Gasteiger charge is 2.07. The van der Waals surface area contributed by atoms with E-state index in [0.717, 1.165) is 17.7 Å². The lowest BCUT2D eigenvalue weighted by atomic mass is 10.0. The van der Waals surface area contributed by atoms with Gasteiger partial charge in [0.2, 0.25) is 0 Å². The smallest absolute Gasteiger partial charge is 0.119 e. The van der Waals surface area contributed by atoms with Crippen LogP contribution in [0.5, 0.6) is 5.75 Å². The fraction of sp³-hybridized carbons (Fsp3) is 0.312. The van der Waals surface area contributed by atoms with Crippen LogP contribution in [0.1, 0.15) is 31.0 Å². The number of hydrogen-bond donors (Lipinski definition) is 1. The Kier molecular flexibility index (Phi) is 4.53. The second kappa shape index (κ2) is 6.34. The van der Waals surface area contributed by atoms with Crippen molar-refractivity contribution >= 4 is 0 Å². The predicted molar refractivity (Wildman–Crippen MR) is 77.1 cm³/mol. The Hall–Kier alpha value is -1.87. The average Bonchev–Trinajstić information content (AvgIpc) is 2.40. The van der Waals surface area contributed by atoms with E-state index in [4.69, 9.17) is 10.5 Å². The van der Waals surface area contributed by atoms with E-state index in [1.807, 2.05) is 50.2 Å². The van der Waals surface area contributed by atoms with Gasteiger partial charge < -0.3 is 10.5 Å². The predicted octanol–water partition coefficient (Wildman–Crippen LogP) is 3.11. The van der Waals surface area contributed by atoms with Crippen molar-refractivity contribution in [2.45, 2.75) is 32.4 Å². The van der Waals surface area contributed by atoms with Gasteiger partial charge in [-0.15, -0.1) is 0 Å². The molecule has 0 fully saturated rings. The van der Waals surface area contributed by atoms with Gasteiger partial charge in [-0.05, 0) is 55.7 Å².